The van der Waals surface area contributed by atoms with Gasteiger partial charge < -0.3 is 52.4 Å². The van der Waals surface area contributed by atoms with Gasteiger partial charge in [0.25, 0.3) is 0 Å². The van der Waals surface area contributed by atoms with Crippen LogP contribution < -0.4 is 5.32 Å². The van der Waals surface area contributed by atoms with Crippen LogP contribution in [-0.4, -0.2) is 133 Å². The van der Waals surface area contributed by atoms with Gasteiger partial charge in [-0.05, 0) is 99.9 Å². The minimum Gasteiger partial charge on any atom is -0.456 e. The molecule has 398 valence electrons. The maximum Gasteiger partial charge on any atom is 0.408 e. The average Bonchev–Trinajstić information content (AvgIpc) is 3.95. The minimum absolute atomic E-state index is 0.00618. The summed E-state index contributed by atoms with van der Waals surface area (Å²) in [6, 6.07) is 7.31. The molecule has 4 heterocycles. The van der Waals surface area contributed by atoms with Gasteiger partial charge >= 0.3 is 24.0 Å². The van der Waals surface area contributed by atoms with Crippen molar-refractivity contribution >= 4 is 32.3 Å². The van der Waals surface area contributed by atoms with Crippen LogP contribution in [0.2, 0.25) is 16.6 Å². The van der Waals surface area contributed by atoms with Gasteiger partial charge in [-0.3, -0.25) is 9.69 Å². The molecule has 0 radical (unpaired) electrons. The van der Waals surface area contributed by atoms with E-state index in [1.165, 1.54) is 19.6 Å². The molecule has 5 fully saturated rings. The van der Waals surface area contributed by atoms with Gasteiger partial charge in [0.05, 0.1) is 24.2 Å². The summed E-state index contributed by atoms with van der Waals surface area (Å²) in [5, 5.41) is 17.2. The van der Waals surface area contributed by atoms with Crippen LogP contribution in [0.1, 0.15) is 145 Å². The largest absolute Gasteiger partial charge is 0.456 e. The maximum absolute atomic E-state index is 15.8. The SMILES string of the molecule is CC(=O)O[C@@]12CO[C@@H]1CC[C@@]1(C)[C@@H]3O[C@H](CN4CCC4)O[C@@H]3C3=C(C)[C@@H](OC(=O)[C@H](O[Si](C(C)C)(C(C)C)C(C)C)[C@@H](NC(=O)OC(C)(C)C)c4cocn4)C[C@@](O)([C@@H](OC(=O)c4ccccc4)[C@@H]12)C3(C)C. The van der Waals surface area contributed by atoms with E-state index in [1.54, 1.807) is 51.1 Å². The fourth-order valence-corrected chi connectivity index (χ4v) is 19.2. The number of carbonyl (C=O) groups excluding carboxylic acids is 4. The second-order valence-electron chi connectivity index (χ2n) is 23.9. The van der Waals surface area contributed by atoms with E-state index in [2.05, 4.69) is 63.7 Å². The number of carbonyl (C=O) groups is 4. The van der Waals surface area contributed by atoms with E-state index in [-0.39, 0.29) is 40.9 Å². The Morgan fingerprint density at radius 2 is 1.64 bits per heavy atom. The van der Waals surface area contributed by atoms with Crippen molar-refractivity contribution in [3.05, 3.63) is 65.4 Å². The first-order valence-corrected chi connectivity index (χ1v) is 28.1. The van der Waals surface area contributed by atoms with E-state index in [0.717, 1.165) is 19.5 Å². The molecule has 2 saturated carbocycles. The van der Waals surface area contributed by atoms with E-state index >= 15 is 4.79 Å². The molecule has 17 nitrogen and oxygen atoms in total. The lowest BCUT2D eigenvalue weighted by molar-refractivity contribution is -0.345. The highest BCUT2D eigenvalue weighted by atomic mass is 28.4. The summed E-state index contributed by atoms with van der Waals surface area (Å²) in [5.74, 6) is -3.00. The number of nitrogens with zero attached hydrogens (tertiary/aromatic N) is 2. The molecule has 2 N–H and O–H groups in total. The van der Waals surface area contributed by atoms with Gasteiger partial charge in [-0.2, -0.15) is 0 Å². The topological polar surface area (TPSA) is 204 Å². The quantitative estimate of drug-likeness (QED) is 0.0745. The van der Waals surface area contributed by atoms with Crippen LogP contribution in [0.15, 0.2) is 58.6 Å². The number of ether oxygens (including phenoxy) is 7. The van der Waals surface area contributed by atoms with Crippen molar-refractivity contribution in [3.8, 4) is 0 Å². The number of benzene rings is 1. The van der Waals surface area contributed by atoms with E-state index < -0.39 is 115 Å². The van der Waals surface area contributed by atoms with Gasteiger partial charge in [-0.15, -0.1) is 0 Å². The smallest absolute Gasteiger partial charge is 0.408 e. The molecule has 3 aliphatic heterocycles. The zero-order valence-corrected chi connectivity index (χ0v) is 45.8. The van der Waals surface area contributed by atoms with E-state index in [1.807, 2.05) is 20.8 Å². The second kappa shape index (κ2) is 19.8. The summed E-state index contributed by atoms with van der Waals surface area (Å²) in [4.78, 5) is 64.4. The van der Waals surface area contributed by atoms with Gasteiger partial charge in [-0.1, -0.05) is 80.5 Å². The molecule has 2 aromatic rings. The summed E-state index contributed by atoms with van der Waals surface area (Å²) in [6.07, 6.45) is -3.33. The van der Waals surface area contributed by atoms with Crippen LogP contribution in [-0.2, 0) is 47.2 Å². The Hall–Kier alpha value is -4.17. The van der Waals surface area contributed by atoms with Crippen LogP contribution in [0.5, 0.6) is 0 Å². The average molecular weight is 1020 g/mol. The number of amides is 1. The highest BCUT2D eigenvalue weighted by Gasteiger charge is 2.77. The lowest BCUT2D eigenvalue weighted by Crippen LogP contribution is -2.79. The van der Waals surface area contributed by atoms with Gasteiger partial charge in [0.1, 0.15) is 53.6 Å². The fraction of sp³-hybridized carbons (Fsp3) is 0.722. The number of likely N-dealkylation sites (tertiary alicyclic amines) is 1. The van der Waals surface area contributed by atoms with Crippen molar-refractivity contribution in [1.29, 1.82) is 0 Å². The molecule has 12 atom stereocenters. The molecule has 3 aliphatic carbocycles. The van der Waals surface area contributed by atoms with Crippen molar-refractivity contribution < 1.29 is 66.3 Å². The van der Waals surface area contributed by atoms with Crippen molar-refractivity contribution in [1.82, 2.24) is 15.2 Å². The molecule has 1 amide bonds. The first-order valence-electron chi connectivity index (χ1n) is 26.0. The Bertz CT molecular complexity index is 2330. The Labute approximate surface area is 425 Å². The Morgan fingerprint density at radius 1 is 0.972 bits per heavy atom. The first kappa shape index (κ1) is 54.1. The molecule has 18 heteroatoms. The number of nitrogens with one attached hydrogen (secondary N) is 1. The van der Waals surface area contributed by atoms with Crippen molar-refractivity contribution in [2.24, 2.45) is 16.7 Å². The molecule has 6 aliphatic rings. The molecule has 1 aromatic heterocycles. The van der Waals surface area contributed by atoms with Gasteiger partial charge in [0.2, 0.25) is 8.32 Å². The number of hydrogen-bond donors (Lipinski definition) is 2. The molecule has 72 heavy (non-hydrogen) atoms. The second-order valence-corrected chi connectivity index (χ2v) is 29.3. The Balaban J connectivity index is 1.32. The first-order chi connectivity index (χ1) is 33.7. The molecule has 3 saturated heterocycles. The molecule has 0 unspecified atom stereocenters. The molecule has 8 rings (SSSR count). The Kier molecular flexibility index (Phi) is 14.9. The maximum atomic E-state index is 15.8. The minimum atomic E-state index is -3.01. The third-order valence-electron chi connectivity index (χ3n) is 17.2. The summed E-state index contributed by atoms with van der Waals surface area (Å²) in [5.41, 5.74) is -4.82. The summed E-state index contributed by atoms with van der Waals surface area (Å²) in [6.45, 7) is 29.2. The normalized spacial score (nSPS) is 33.0. The third kappa shape index (κ3) is 9.37. The highest BCUT2D eigenvalue weighted by Crippen LogP contribution is 2.67. The van der Waals surface area contributed by atoms with Crippen LogP contribution in [0.3, 0.4) is 0 Å². The predicted octanol–water partition coefficient (Wildman–Crippen LogP) is 8.36. The van der Waals surface area contributed by atoms with E-state index in [0.29, 0.717) is 30.5 Å². The zero-order chi connectivity index (χ0) is 52.5. The summed E-state index contributed by atoms with van der Waals surface area (Å²) >= 11 is 0. The summed E-state index contributed by atoms with van der Waals surface area (Å²) in [7, 11) is -3.01. The van der Waals surface area contributed by atoms with Crippen molar-refractivity contribution in [2.75, 3.05) is 26.2 Å². The van der Waals surface area contributed by atoms with Crippen LogP contribution in [0, 0.1) is 16.7 Å². The number of oxazole rings is 1. The number of aromatic nitrogens is 1. The lowest BCUT2D eigenvalue weighted by Gasteiger charge is -2.68. The fourth-order valence-electron chi connectivity index (χ4n) is 13.7. The van der Waals surface area contributed by atoms with Crippen LogP contribution in [0.4, 0.5) is 4.79 Å². The number of aliphatic hydroxyl groups is 1. The number of alkyl carbamates (subject to hydrolysis) is 1. The van der Waals surface area contributed by atoms with Gasteiger partial charge in [-0.25, -0.2) is 19.4 Å². The number of fused-ring (bicyclic) bond motifs is 8. The number of rotatable bonds is 15. The van der Waals surface area contributed by atoms with Gasteiger partial charge in [0.15, 0.2) is 24.4 Å². The van der Waals surface area contributed by atoms with Crippen molar-refractivity contribution in [3.63, 3.8) is 0 Å². The van der Waals surface area contributed by atoms with Crippen LogP contribution in [0.25, 0.3) is 0 Å². The van der Waals surface area contributed by atoms with Crippen molar-refractivity contribution in [2.45, 2.75) is 205 Å². The molecular formula is C54H79N3O14Si. The zero-order valence-electron chi connectivity index (χ0n) is 44.8. The number of hydrogen-bond acceptors (Lipinski definition) is 16. The molecule has 1 aromatic carbocycles. The number of esters is 3. The predicted molar refractivity (Wildman–Crippen MR) is 266 cm³/mol. The monoisotopic (exact) mass is 1020 g/mol. The molecular weight excluding hydrogens is 943 g/mol. The van der Waals surface area contributed by atoms with Gasteiger partial charge in [0, 0.05) is 30.7 Å². The van der Waals surface area contributed by atoms with E-state index in [4.69, 9.17) is 42.0 Å². The Morgan fingerprint density at radius 3 is 2.18 bits per heavy atom. The van der Waals surface area contributed by atoms with E-state index in [9.17, 15) is 19.5 Å². The lowest BCUT2D eigenvalue weighted by atomic mass is 9.45. The molecule has 0 spiro atoms. The van der Waals surface area contributed by atoms with Crippen LogP contribution >= 0.6 is 0 Å². The summed E-state index contributed by atoms with van der Waals surface area (Å²) < 4.78 is 59.3. The third-order valence-corrected chi connectivity index (χ3v) is 23.3. The standard InChI is InChI=1S/C54H79N3O14Si/c1-30(2)72(31(3)4,32(5)6)71-43(41(36-27-63-29-55-36)56-49(61)70-50(9,10)11)48(60)65-37-25-54(62)46(68-47(59)35-19-16-15-17-20-35)44-52(14,22-21-38-53(44,28-64-38)69-34(8)58)45-42(40(33(37)7)51(54,12)13)66-39(67-45)26-57-23-18-24-57/h15-17,19-20,27,29-32,37-39,41-46,62H,18,21-26,28H2,1-14H3,(H,56,61)/t37-,38+,39+,41-,42+,43+,44-,45+,46-,52+,53-,54+/m0/s1. The molecule has 2 bridgehead atoms. The highest BCUT2D eigenvalue weighted by molar-refractivity contribution is 6.77.